The van der Waals surface area contributed by atoms with Crippen molar-refractivity contribution in [2.75, 3.05) is 13.1 Å². The van der Waals surface area contributed by atoms with E-state index in [1.807, 2.05) is 13.0 Å². The van der Waals surface area contributed by atoms with Gasteiger partial charge in [0.2, 0.25) is 0 Å². The summed E-state index contributed by atoms with van der Waals surface area (Å²) in [6.45, 7) is 8.61. The van der Waals surface area contributed by atoms with Crippen LogP contribution in [0.3, 0.4) is 0 Å². The standard InChI is InChI=1S/C21H27NO4/c1-5-6-7-10-18(23)17-13-14(2)20(15(3)19(17)24)26-16(4)21(25)22-11-8-9-12-22/h5-7,10,13,16,24H,8-9,11-12H2,1-4H3/b6-5+,10-7+/t16-/m1/s1. The molecule has 1 aromatic carbocycles. The molecule has 0 aromatic heterocycles. The minimum atomic E-state index is -0.638. The van der Waals surface area contributed by atoms with Crippen molar-refractivity contribution in [2.45, 2.75) is 46.6 Å². The highest BCUT2D eigenvalue weighted by Gasteiger charge is 2.26. The SMILES string of the molecule is C/C=C/C=C/C(=O)c1cc(C)c(O[C@H](C)C(=O)N2CCCC2)c(C)c1O. The van der Waals surface area contributed by atoms with E-state index in [1.165, 1.54) is 6.08 Å². The Morgan fingerprint density at radius 1 is 1.23 bits per heavy atom. The largest absolute Gasteiger partial charge is 0.507 e. The van der Waals surface area contributed by atoms with Crippen LogP contribution in [0.2, 0.25) is 0 Å². The molecule has 0 bridgehead atoms. The summed E-state index contributed by atoms with van der Waals surface area (Å²) in [7, 11) is 0. The van der Waals surface area contributed by atoms with Gasteiger partial charge in [-0.15, -0.1) is 0 Å². The van der Waals surface area contributed by atoms with E-state index in [0.29, 0.717) is 16.9 Å². The highest BCUT2D eigenvalue weighted by atomic mass is 16.5. The lowest BCUT2D eigenvalue weighted by molar-refractivity contribution is -0.136. The van der Waals surface area contributed by atoms with Gasteiger partial charge in [0.1, 0.15) is 11.5 Å². The zero-order valence-electron chi connectivity index (χ0n) is 15.9. The van der Waals surface area contributed by atoms with E-state index in [9.17, 15) is 14.7 Å². The average Bonchev–Trinajstić information content (AvgIpc) is 3.15. The maximum absolute atomic E-state index is 12.4. The maximum atomic E-state index is 12.4. The third-order valence-corrected chi connectivity index (χ3v) is 4.55. The normalized spacial score (nSPS) is 15.8. The summed E-state index contributed by atoms with van der Waals surface area (Å²) in [5.74, 6) is 0.0212. The number of carbonyl (C=O) groups excluding carboxylic acids is 2. The molecule has 0 unspecified atom stereocenters. The number of rotatable bonds is 6. The molecule has 0 radical (unpaired) electrons. The maximum Gasteiger partial charge on any atom is 0.263 e. The zero-order chi connectivity index (χ0) is 19.3. The number of hydrogen-bond acceptors (Lipinski definition) is 4. The molecule has 1 N–H and O–H groups in total. The van der Waals surface area contributed by atoms with Gasteiger partial charge in [-0.2, -0.15) is 0 Å². The summed E-state index contributed by atoms with van der Waals surface area (Å²) in [5.41, 5.74) is 1.41. The van der Waals surface area contributed by atoms with Gasteiger partial charge in [0.25, 0.3) is 5.91 Å². The molecule has 1 aliphatic rings. The van der Waals surface area contributed by atoms with E-state index in [0.717, 1.165) is 25.9 Å². The van der Waals surface area contributed by atoms with Crippen molar-refractivity contribution in [3.05, 3.63) is 47.1 Å². The number of phenols is 1. The van der Waals surface area contributed by atoms with Crippen molar-refractivity contribution < 1.29 is 19.4 Å². The van der Waals surface area contributed by atoms with Crippen LogP contribution in [0.25, 0.3) is 0 Å². The molecule has 5 nitrogen and oxygen atoms in total. The van der Waals surface area contributed by atoms with Gasteiger partial charge in [0, 0.05) is 18.7 Å². The molecule has 1 fully saturated rings. The first-order chi connectivity index (χ1) is 12.4. The number of ether oxygens (including phenoxy) is 1. The van der Waals surface area contributed by atoms with Gasteiger partial charge in [-0.1, -0.05) is 18.2 Å². The van der Waals surface area contributed by atoms with Crippen LogP contribution < -0.4 is 4.74 Å². The minimum Gasteiger partial charge on any atom is -0.507 e. The van der Waals surface area contributed by atoms with E-state index in [1.54, 1.807) is 43.9 Å². The predicted molar refractivity (Wildman–Crippen MR) is 102 cm³/mol. The van der Waals surface area contributed by atoms with E-state index in [2.05, 4.69) is 0 Å². The molecule has 1 saturated heterocycles. The number of likely N-dealkylation sites (tertiary alicyclic amines) is 1. The Morgan fingerprint density at radius 2 is 1.88 bits per heavy atom. The van der Waals surface area contributed by atoms with Crippen LogP contribution in [-0.4, -0.2) is 40.9 Å². The average molecular weight is 357 g/mol. The molecule has 26 heavy (non-hydrogen) atoms. The second-order valence-electron chi connectivity index (χ2n) is 6.59. The molecule has 5 heteroatoms. The fraction of sp³-hybridized carbons (Fsp3) is 0.429. The van der Waals surface area contributed by atoms with Gasteiger partial charge < -0.3 is 14.7 Å². The van der Waals surface area contributed by atoms with Crippen molar-refractivity contribution in [1.82, 2.24) is 4.90 Å². The van der Waals surface area contributed by atoms with Crippen LogP contribution in [0, 0.1) is 13.8 Å². The Hall–Kier alpha value is -2.56. The quantitative estimate of drug-likeness (QED) is 0.479. The third kappa shape index (κ3) is 4.34. The summed E-state index contributed by atoms with van der Waals surface area (Å²) in [6.07, 6.45) is 8.01. The molecule has 140 valence electrons. The van der Waals surface area contributed by atoms with Crippen molar-refractivity contribution in [3.8, 4) is 11.5 Å². The Labute approximate surface area is 155 Å². The lowest BCUT2D eigenvalue weighted by Crippen LogP contribution is -2.38. The number of ketones is 1. The van der Waals surface area contributed by atoms with Gasteiger partial charge in [0.05, 0.1) is 5.56 Å². The van der Waals surface area contributed by atoms with Gasteiger partial charge >= 0.3 is 0 Å². The monoisotopic (exact) mass is 357 g/mol. The van der Waals surface area contributed by atoms with Gasteiger partial charge in [-0.05, 0) is 58.2 Å². The lowest BCUT2D eigenvalue weighted by atomic mass is 10.0. The van der Waals surface area contributed by atoms with Gasteiger partial charge in [-0.25, -0.2) is 0 Å². The third-order valence-electron chi connectivity index (χ3n) is 4.55. The number of nitrogens with zero attached hydrogens (tertiary/aromatic N) is 1. The topological polar surface area (TPSA) is 66.8 Å². The van der Waals surface area contributed by atoms with E-state index >= 15 is 0 Å². The number of aryl methyl sites for hydroxylation is 1. The Kier molecular flexibility index (Phi) is 6.61. The number of phenolic OH excluding ortho intramolecular Hbond substituents is 1. The van der Waals surface area contributed by atoms with E-state index in [-0.39, 0.29) is 23.0 Å². The number of hydrogen-bond donors (Lipinski definition) is 1. The molecule has 1 aliphatic heterocycles. The predicted octanol–water partition coefficient (Wildman–Crippen LogP) is 3.71. The first-order valence-corrected chi connectivity index (χ1v) is 8.99. The summed E-state index contributed by atoms with van der Waals surface area (Å²) in [5, 5.41) is 10.4. The molecular weight excluding hydrogens is 330 g/mol. The zero-order valence-corrected chi connectivity index (χ0v) is 15.9. The molecule has 1 heterocycles. The summed E-state index contributed by atoms with van der Waals surface area (Å²) in [4.78, 5) is 26.5. The van der Waals surface area contributed by atoms with Crippen LogP contribution in [0.5, 0.6) is 11.5 Å². The van der Waals surface area contributed by atoms with Crippen molar-refractivity contribution >= 4 is 11.7 Å². The Morgan fingerprint density at radius 3 is 2.50 bits per heavy atom. The minimum absolute atomic E-state index is 0.0461. The van der Waals surface area contributed by atoms with Crippen LogP contribution in [0.4, 0.5) is 0 Å². The number of amides is 1. The highest BCUT2D eigenvalue weighted by Crippen LogP contribution is 2.35. The second kappa shape index (κ2) is 8.70. The fourth-order valence-corrected chi connectivity index (χ4v) is 3.09. The van der Waals surface area contributed by atoms with Crippen LogP contribution in [0.15, 0.2) is 30.4 Å². The summed E-state index contributed by atoms with van der Waals surface area (Å²) >= 11 is 0. The van der Waals surface area contributed by atoms with Crippen molar-refractivity contribution in [1.29, 1.82) is 0 Å². The second-order valence-corrected chi connectivity index (χ2v) is 6.59. The molecule has 1 amide bonds. The van der Waals surface area contributed by atoms with Crippen LogP contribution in [-0.2, 0) is 4.79 Å². The van der Waals surface area contributed by atoms with Crippen LogP contribution in [0.1, 0.15) is 48.2 Å². The Bertz CT molecular complexity index is 743. The van der Waals surface area contributed by atoms with E-state index in [4.69, 9.17) is 4.74 Å². The number of carbonyl (C=O) groups is 2. The Balaban J connectivity index is 2.23. The molecular formula is C21H27NO4. The van der Waals surface area contributed by atoms with Crippen LogP contribution >= 0.6 is 0 Å². The van der Waals surface area contributed by atoms with Gasteiger partial charge in [0.15, 0.2) is 11.9 Å². The van der Waals surface area contributed by atoms with Crippen molar-refractivity contribution in [2.24, 2.45) is 0 Å². The molecule has 0 saturated carbocycles. The summed E-state index contributed by atoms with van der Waals surface area (Å²) in [6, 6.07) is 1.60. The highest BCUT2D eigenvalue weighted by molar-refractivity contribution is 6.07. The van der Waals surface area contributed by atoms with E-state index < -0.39 is 6.10 Å². The molecule has 1 atom stereocenters. The molecule has 2 rings (SSSR count). The summed E-state index contributed by atoms with van der Waals surface area (Å²) < 4.78 is 5.87. The first kappa shape index (κ1) is 19.8. The number of allylic oxidation sites excluding steroid dienone is 4. The number of aromatic hydroxyl groups is 1. The van der Waals surface area contributed by atoms with Gasteiger partial charge in [-0.3, -0.25) is 9.59 Å². The fourth-order valence-electron chi connectivity index (χ4n) is 3.09. The number of benzene rings is 1. The van der Waals surface area contributed by atoms with Crippen molar-refractivity contribution in [3.63, 3.8) is 0 Å². The lowest BCUT2D eigenvalue weighted by Gasteiger charge is -2.23. The smallest absolute Gasteiger partial charge is 0.263 e. The molecule has 1 aromatic rings. The molecule has 0 spiro atoms. The molecule has 0 aliphatic carbocycles. The first-order valence-electron chi connectivity index (χ1n) is 8.99.